The van der Waals surface area contributed by atoms with Crippen LogP contribution in [0, 0.1) is 34.9 Å². The number of phenolic OH excluding ortho intramolecular Hbond substituents is 1. The van der Waals surface area contributed by atoms with Crippen LogP contribution < -0.4 is 9.80 Å². The van der Waals surface area contributed by atoms with Crippen molar-refractivity contribution in [3.05, 3.63) is 119 Å². The number of aromatic hydroxyl groups is 1. The Hall–Kier alpha value is -5.61. The van der Waals surface area contributed by atoms with Crippen molar-refractivity contribution in [3.8, 4) is 17.2 Å². The van der Waals surface area contributed by atoms with E-state index in [4.69, 9.17) is 16.0 Å². The SMILES string of the molecule is CC12C(=O)N(c3ccc(F)c(Cl)c3)C(=O)C1CC1C(=CCC3C(=O)N(c4ccc(-c5nc6ccccc6o5)cc4)C(=O)C31)C2c1ccc(O)cc1. The van der Waals surface area contributed by atoms with Gasteiger partial charge in [0.1, 0.15) is 17.1 Å². The maximum atomic E-state index is 14.5. The number of aromatic nitrogens is 1. The molecular formula is C40H29ClFN3O6. The summed E-state index contributed by atoms with van der Waals surface area (Å²) in [4.78, 5) is 64.2. The third-order valence-electron chi connectivity index (χ3n) is 11.3. The predicted octanol–water partition coefficient (Wildman–Crippen LogP) is 7.43. The molecule has 0 spiro atoms. The Bertz CT molecular complexity index is 2320. The first-order valence-corrected chi connectivity index (χ1v) is 17.1. The van der Waals surface area contributed by atoms with E-state index in [1.54, 1.807) is 43.3 Å². The molecule has 9 rings (SSSR count). The van der Waals surface area contributed by atoms with Crippen LogP contribution in [0.15, 0.2) is 107 Å². The average Bonchev–Trinajstić information content (AvgIpc) is 3.74. The van der Waals surface area contributed by atoms with E-state index in [1.807, 2.05) is 30.3 Å². The summed E-state index contributed by atoms with van der Waals surface area (Å²) in [6, 6.07) is 24.6. The molecule has 0 bridgehead atoms. The molecule has 11 heteroatoms. The lowest BCUT2D eigenvalue weighted by molar-refractivity contribution is -0.131. The molecule has 1 N–H and O–H groups in total. The number of fused-ring (bicyclic) bond motifs is 5. The van der Waals surface area contributed by atoms with E-state index in [0.29, 0.717) is 28.3 Å². The first-order chi connectivity index (χ1) is 24.6. The summed E-state index contributed by atoms with van der Waals surface area (Å²) in [6.45, 7) is 1.76. The third kappa shape index (κ3) is 4.48. The maximum absolute atomic E-state index is 14.5. The number of oxazole rings is 1. The van der Waals surface area contributed by atoms with Crippen molar-refractivity contribution in [3.63, 3.8) is 0 Å². The second-order valence-electron chi connectivity index (χ2n) is 13.9. The van der Waals surface area contributed by atoms with Crippen LogP contribution in [0.4, 0.5) is 15.8 Å². The van der Waals surface area contributed by atoms with Crippen molar-refractivity contribution in [1.82, 2.24) is 4.98 Å². The molecule has 9 nitrogen and oxygen atoms in total. The Labute approximate surface area is 295 Å². The van der Waals surface area contributed by atoms with Gasteiger partial charge in [0.15, 0.2) is 5.58 Å². The molecule has 2 aliphatic heterocycles. The van der Waals surface area contributed by atoms with Gasteiger partial charge in [0.25, 0.3) is 0 Å². The molecule has 2 aliphatic carbocycles. The minimum atomic E-state index is -1.28. The topological polar surface area (TPSA) is 121 Å². The molecular weight excluding hydrogens is 673 g/mol. The minimum absolute atomic E-state index is 0.0382. The highest BCUT2D eigenvalue weighted by molar-refractivity contribution is 6.32. The van der Waals surface area contributed by atoms with Crippen molar-refractivity contribution in [2.75, 3.05) is 9.80 Å². The number of para-hydroxylation sites is 2. The highest BCUT2D eigenvalue weighted by Crippen LogP contribution is 2.63. The molecule has 3 fully saturated rings. The second-order valence-corrected chi connectivity index (χ2v) is 14.3. The number of anilines is 2. The molecule has 5 aromatic rings. The molecule has 4 amide bonds. The summed E-state index contributed by atoms with van der Waals surface area (Å²) in [7, 11) is 0. The quantitative estimate of drug-likeness (QED) is 0.153. The van der Waals surface area contributed by atoms with Crippen LogP contribution >= 0.6 is 11.6 Å². The number of allylic oxidation sites excluding steroid dienone is 2. The standard InChI is InChI=1S/C40H29ClFN3O6/c1-40-28(37(48)45(39(40)50)23-12-17-30(42)29(41)18-23)19-27-25(34(40)20-8-13-24(46)14-9-20)15-16-26-33(27)38(49)44(36(26)47)22-10-6-21(7-11-22)35-43-31-4-2-3-5-32(31)51-35/h2-15,17-18,26-28,33-34,46H,16,19H2,1H3. The molecule has 4 aromatic carbocycles. The molecule has 0 radical (unpaired) electrons. The number of phenols is 1. The van der Waals surface area contributed by atoms with Gasteiger partial charge >= 0.3 is 0 Å². The molecule has 3 heterocycles. The van der Waals surface area contributed by atoms with Gasteiger partial charge in [-0.25, -0.2) is 14.3 Å². The zero-order valence-electron chi connectivity index (χ0n) is 27.1. The van der Waals surface area contributed by atoms with Crippen molar-refractivity contribution in [1.29, 1.82) is 0 Å². The van der Waals surface area contributed by atoms with Crippen LogP contribution in [0.25, 0.3) is 22.6 Å². The highest BCUT2D eigenvalue weighted by Gasteiger charge is 2.67. The Balaban J connectivity index is 1.09. The second kappa shape index (κ2) is 11.2. The maximum Gasteiger partial charge on any atom is 0.241 e. The van der Waals surface area contributed by atoms with E-state index in [-0.39, 0.29) is 41.1 Å². The number of rotatable bonds is 4. The lowest BCUT2D eigenvalue weighted by Gasteiger charge is -2.49. The fourth-order valence-corrected chi connectivity index (χ4v) is 9.11. The molecule has 1 saturated carbocycles. The van der Waals surface area contributed by atoms with Gasteiger partial charge in [-0.05, 0) is 98.0 Å². The Morgan fingerprint density at radius 3 is 2.31 bits per heavy atom. The van der Waals surface area contributed by atoms with Gasteiger partial charge < -0.3 is 9.52 Å². The summed E-state index contributed by atoms with van der Waals surface area (Å²) in [5, 5.41) is 9.91. The number of hydrogen-bond donors (Lipinski definition) is 1. The first kappa shape index (κ1) is 31.4. The van der Waals surface area contributed by atoms with Crippen molar-refractivity contribution >= 4 is 57.7 Å². The number of nitrogens with zero attached hydrogens (tertiary/aromatic N) is 3. The number of carbonyl (C=O) groups excluding carboxylic acids is 4. The van der Waals surface area contributed by atoms with Gasteiger partial charge in [0.2, 0.25) is 29.5 Å². The summed E-state index contributed by atoms with van der Waals surface area (Å²) < 4.78 is 20.0. The van der Waals surface area contributed by atoms with Gasteiger partial charge in [-0.2, -0.15) is 0 Å². The van der Waals surface area contributed by atoms with Crippen LogP contribution in [-0.2, 0) is 19.2 Å². The van der Waals surface area contributed by atoms with Gasteiger partial charge in [-0.1, -0.05) is 47.5 Å². The minimum Gasteiger partial charge on any atom is -0.508 e. The molecule has 6 atom stereocenters. The zero-order chi connectivity index (χ0) is 35.3. The Morgan fingerprint density at radius 2 is 1.59 bits per heavy atom. The Kier molecular flexibility index (Phi) is 6.89. The molecule has 1 aromatic heterocycles. The van der Waals surface area contributed by atoms with Gasteiger partial charge in [0.05, 0.1) is 39.6 Å². The summed E-state index contributed by atoms with van der Waals surface area (Å²) >= 11 is 6.09. The van der Waals surface area contributed by atoms with Crippen molar-refractivity contribution in [2.24, 2.45) is 29.1 Å². The van der Waals surface area contributed by atoms with Crippen LogP contribution in [0.5, 0.6) is 5.75 Å². The molecule has 6 unspecified atom stereocenters. The van der Waals surface area contributed by atoms with Gasteiger partial charge in [-0.3, -0.25) is 24.1 Å². The number of amides is 4. The number of hydrogen-bond acceptors (Lipinski definition) is 7. The summed E-state index contributed by atoms with van der Waals surface area (Å²) in [6.07, 6.45) is 2.41. The third-order valence-corrected chi connectivity index (χ3v) is 11.6. The van der Waals surface area contributed by atoms with E-state index in [9.17, 15) is 28.7 Å². The summed E-state index contributed by atoms with van der Waals surface area (Å²) in [5.41, 5.74) is 2.86. The van der Waals surface area contributed by atoms with Crippen molar-refractivity contribution < 1.29 is 33.1 Å². The van der Waals surface area contributed by atoms with Gasteiger partial charge in [0, 0.05) is 11.5 Å². The number of carbonyl (C=O) groups is 4. The lowest BCUT2D eigenvalue weighted by Crippen LogP contribution is -2.48. The van der Waals surface area contributed by atoms with Crippen LogP contribution in [0.2, 0.25) is 5.02 Å². The lowest BCUT2D eigenvalue weighted by atomic mass is 9.51. The number of benzene rings is 4. The fourth-order valence-electron chi connectivity index (χ4n) is 8.94. The smallest absolute Gasteiger partial charge is 0.241 e. The van der Waals surface area contributed by atoms with Gasteiger partial charge in [-0.15, -0.1) is 0 Å². The van der Waals surface area contributed by atoms with E-state index in [0.717, 1.165) is 22.1 Å². The average molecular weight is 702 g/mol. The monoisotopic (exact) mass is 701 g/mol. The number of halogens is 2. The molecule has 51 heavy (non-hydrogen) atoms. The normalized spacial score (nSPS) is 27.1. The fraction of sp³-hybridized carbons (Fsp3) is 0.225. The molecule has 254 valence electrons. The summed E-state index contributed by atoms with van der Waals surface area (Å²) in [5.74, 6) is -5.26. The van der Waals surface area contributed by atoms with Crippen LogP contribution in [-0.4, -0.2) is 33.7 Å². The van der Waals surface area contributed by atoms with E-state index in [2.05, 4.69) is 4.98 Å². The van der Waals surface area contributed by atoms with E-state index >= 15 is 0 Å². The van der Waals surface area contributed by atoms with Crippen LogP contribution in [0.3, 0.4) is 0 Å². The largest absolute Gasteiger partial charge is 0.508 e. The van der Waals surface area contributed by atoms with Crippen molar-refractivity contribution in [2.45, 2.75) is 25.7 Å². The van der Waals surface area contributed by atoms with E-state index < -0.39 is 52.6 Å². The highest BCUT2D eigenvalue weighted by atomic mass is 35.5. The number of imide groups is 2. The zero-order valence-corrected chi connectivity index (χ0v) is 27.9. The Morgan fingerprint density at radius 1 is 0.863 bits per heavy atom. The first-order valence-electron chi connectivity index (χ1n) is 16.7. The van der Waals surface area contributed by atoms with Crippen LogP contribution in [0.1, 0.15) is 31.2 Å². The van der Waals surface area contributed by atoms with E-state index in [1.165, 1.54) is 29.2 Å². The predicted molar refractivity (Wildman–Crippen MR) is 186 cm³/mol. The molecule has 4 aliphatic rings. The molecule has 2 saturated heterocycles.